The number of benzene rings is 1. The van der Waals surface area contributed by atoms with Gasteiger partial charge < -0.3 is 20.4 Å². The Bertz CT molecular complexity index is 934. The van der Waals surface area contributed by atoms with E-state index in [-0.39, 0.29) is 36.4 Å². The summed E-state index contributed by atoms with van der Waals surface area (Å²) in [6.07, 6.45) is 5.58. The Hall–Kier alpha value is -3.88. The average molecular weight is 395 g/mol. The molecule has 0 saturated heterocycles. The Morgan fingerprint density at radius 2 is 1.83 bits per heavy atom. The molecule has 9 nitrogen and oxygen atoms in total. The standard InChI is InChI=1S/C20H21N5O4/c26-18(5-1-10-21-20(28)17-4-2-13-29-17)22-14-19(27)24-15-6-8-16(9-7-15)25-12-3-11-23-25/h2-4,6-9,11-13H,1,5,10,14H2,(H,21,28)(H,22,26)(H,24,27). The number of hydrogen-bond acceptors (Lipinski definition) is 5. The number of anilines is 1. The highest BCUT2D eigenvalue weighted by Gasteiger charge is 2.09. The van der Waals surface area contributed by atoms with Crippen molar-refractivity contribution < 1.29 is 18.8 Å². The van der Waals surface area contributed by atoms with E-state index in [2.05, 4.69) is 21.0 Å². The van der Waals surface area contributed by atoms with E-state index < -0.39 is 0 Å². The van der Waals surface area contributed by atoms with Crippen molar-refractivity contribution in [3.8, 4) is 5.69 Å². The van der Waals surface area contributed by atoms with Crippen LogP contribution in [0.3, 0.4) is 0 Å². The van der Waals surface area contributed by atoms with Crippen molar-refractivity contribution >= 4 is 23.4 Å². The molecule has 3 aromatic rings. The number of nitrogens with one attached hydrogen (secondary N) is 3. The van der Waals surface area contributed by atoms with E-state index in [1.807, 2.05) is 24.4 Å². The Morgan fingerprint density at radius 1 is 1.00 bits per heavy atom. The summed E-state index contributed by atoms with van der Waals surface area (Å²) in [6, 6.07) is 12.2. The Morgan fingerprint density at radius 3 is 2.52 bits per heavy atom. The van der Waals surface area contributed by atoms with Crippen LogP contribution < -0.4 is 16.0 Å². The van der Waals surface area contributed by atoms with Gasteiger partial charge in [-0.25, -0.2) is 4.68 Å². The van der Waals surface area contributed by atoms with Crippen LogP contribution in [0.15, 0.2) is 65.5 Å². The molecule has 1 aromatic carbocycles. The lowest BCUT2D eigenvalue weighted by Crippen LogP contribution is -2.33. The maximum Gasteiger partial charge on any atom is 0.286 e. The topological polar surface area (TPSA) is 118 Å². The summed E-state index contributed by atoms with van der Waals surface area (Å²) in [4.78, 5) is 35.5. The van der Waals surface area contributed by atoms with Crippen LogP contribution in [0.4, 0.5) is 5.69 Å². The van der Waals surface area contributed by atoms with Crippen molar-refractivity contribution in [2.45, 2.75) is 12.8 Å². The number of furan rings is 1. The zero-order valence-corrected chi connectivity index (χ0v) is 15.6. The molecule has 0 aliphatic heterocycles. The summed E-state index contributed by atoms with van der Waals surface area (Å²) in [5.41, 5.74) is 1.50. The molecule has 3 amide bonds. The Balaban J connectivity index is 1.31. The van der Waals surface area contributed by atoms with E-state index in [9.17, 15) is 14.4 Å². The van der Waals surface area contributed by atoms with Gasteiger partial charge in [-0.05, 0) is 48.9 Å². The van der Waals surface area contributed by atoms with Crippen LogP contribution in [0.5, 0.6) is 0 Å². The Kier molecular flexibility index (Phi) is 6.77. The molecule has 2 heterocycles. The maximum atomic E-state index is 12.0. The molecule has 0 radical (unpaired) electrons. The molecular formula is C20H21N5O4. The molecule has 0 aliphatic carbocycles. The molecule has 0 spiro atoms. The van der Waals surface area contributed by atoms with Gasteiger partial charge in [-0.2, -0.15) is 5.10 Å². The van der Waals surface area contributed by atoms with E-state index in [1.165, 1.54) is 6.26 Å². The van der Waals surface area contributed by atoms with Crippen LogP contribution >= 0.6 is 0 Å². The lowest BCUT2D eigenvalue weighted by Gasteiger charge is -2.08. The van der Waals surface area contributed by atoms with Crippen molar-refractivity contribution in [1.29, 1.82) is 0 Å². The van der Waals surface area contributed by atoms with Crippen LogP contribution in [-0.4, -0.2) is 40.6 Å². The monoisotopic (exact) mass is 395 g/mol. The fourth-order valence-corrected chi connectivity index (χ4v) is 2.54. The number of nitrogens with zero attached hydrogens (tertiary/aromatic N) is 2. The van der Waals surface area contributed by atoms with E-state index in [4.69, 9.17) is 4.42 Å². The van der Waals surface area contributed by atoms with Gasteiger partial charge in [0.15, 0.2) is 5.76 Å². The summed E-state index contributed by atoms with van der Waals surface area (Å²) in [5, 5.41) is 12.1. The fourth-order valence-electron chi connectivity index (χ4n) is 2.54. The van der Waals surface area contributed by atoms with Gasteiger partial charge in [0.1, 0.15) is 0 Å². The minimum atomic E-state index is -0.326. The van der Waals surface area contributed by atoms with Gasteiger partial charge in [-0.15, -0.1) is 0 Å². The number of carbonyl (C=O) groups excluding carboxylic acids is 3. The molecule has 0 unspecified atom stereocenters. The first kappa shape index (κ1) is 19.9. The molecule has 3 N–H and O–H groups in total. The fraction of sp³-hybridized carbons (Fsp3) is 0.200. The number of aromatic nitrogens is 2. The number of amides is 3. The normalized spacial score (nSPS) is 10.3. The molecule has 0 fully saturated rings. The quantitative estimate of drug-likeness (QED) is 0.477. The molecule has 0 bridgehead atoms. The van der Waals surface area contributed by atoms with Crippen molar-refractivity contribution in [1.82, 2.24) is 20.4 Å². The van der Waals surface area contributed by atoms with Gasteiger partial charge in [0.05, 0.1) is 18.5 Å². The SMILES string of the molecule is O=C(CCCNC(=O)c1ccco1)NCC(=O)Nc1ccc(-n2cccn2)cc1. The molecule has 0 saturated carbocycles. The average Bonchev–Trinajstić information content (AvgIpc) is 3.44. The molecule has 29 heavy (non-hydrogen) atoms. The molecule has 3 rings (SSSR count). The number of rotatable bonds is 9. The molecule has 9 heteroatoms. The van der Waals surface area contributed by atoms with E-state index >= 15 is 0 Å². The third-order valence-corrected chi connectivity index (χ3v) is 3.98. The first-order valence-electron chi connectivity index (χ1n) is 9.10. The predicted molar refractivity (Wildman–Crippen MR) is 105 cm³/mol. The number of carbonyl (C=O) groups is 3. The van der Waals surface area contributed by atoms with E-state index in [0.717, 1.165) is 5.69 Å². The molecule has 150 valence electrons. The zero-order valence-electron chi connectivity index (χ0n) is 15.6. The number of hydrogen-bond donors (Lipinski definition) is 3. The van der Waals surface area contributed by atoms with Gasteiger partial charge in [0, 0.05) is 31.0 Å². The van der Waals surface area contributed by atoms with Crippen molar-refractivity contribution in [3.63, 3.8) is 0 Å². The first-order valence-corrected chi connectivity index (χ1v) is 9.10. The van der Waals surface area contributed by atoms with Crippen LogP contribution in [0.2, 0.25) is 0 Å². The van der Waals surface area contributed by atoms with E-state index in [1.54, 1.807) is 35.1 Å². The maximum absolute atomic E-state index is 12.0. The zero-order chi connectivity index (χ0) is 20.5. The van der Waals surface area contributed by atoms with Crippen molar-refractivity contribution in [2.24, 2.45) is 0 Å². The lowest BCUT2D eigenvalue weighted by atomic mass is 10.2. The van der Waals surface area contributed by atoms with Crippen LogP contribution in [0.1, 0.15) is 23.4 Å². The minimum Gasteiger partial charge on any atom is -0.459 e. The molecule has 0 aliphatic rings. The highest BCUT2D eigenvalue weighted by Crippen LogP contribution is 2.12. The second kappa shape index (κ2) is 9.88. The highest BCUT2D eigenvalue weighted by atomic mass is 16.3. The van der Waals surface area contributed by atoms with Crippen molar-refractivity contribution in [3.05, 3.63) is 66.9 Å². The van der Waals surface area contributed by atoms with Crippen LogP contribution in [-0.2, 0) is 9.59 Å². The molecular weight excluding hydrogens is 374 g/mol. The summed E-state index contributed by atoms with van der Waals surface area (Å²) in [6.45, 7) is 0.209. The molecule has 2 aromatic heterocycles. The van der Waals surface area contributed by atoms with E-state index in [0.29, 0.717) is 18.7 Å². The largest absolute Gasteiger partial charge is 0.459 e. The summed E-state index contributed by atoms with van der Waals surface area (Å²) < 4.78 is 6.68. The smallest absolute Gasteiger partial charge is 0.286 e. The highest BCUT2D eigenvalue weighted by molar-refractivity contribution is 5.94. The second-order valence-corrected chi connectivity index (χ2v) is 6.16. The summed E-state index contributed by atoms with van der Waals surface area (Å²) in [7, 11) is 0. The second-order valence-electron chi connectivity index (χ2n) is 6.16. The third-order valence-electron chi connectivity index (χ3n) is 3.98. The van der Waals surface area contributed by atoms with Crippen LogP contribution in [0.25, 0.3) is 5.69 Å². The predicted octanol–water partition coefficient (Wildman–Crippen LogP) is 1.73. The van der Waals surface area contributed by atoms with Gasteiger partial charge >= 0.3 is 0 Å². The Labute approximate surface area is 167 Å². The minimum absolute atomic E-state index is 0.126. The van der Waals surface area contributed by atoms with Gasteiger partial charge in [0.25, 0.3) is 5.91 Å². The third kappa shape index (κ3) is 6.06. The van der Waals surface area contributed by atoms with Gasteiger partial charge in [-0.1, -0.05) is 0 Å². The lowest BCUT2D eigenvalue weighted by molar-refractivity contribution is -0.124. The van der Waals surface area contributed by atoms with Crippen LogP contribution in [0, 0.1) is 0 Å². The molecule has 0 atom stereocenters. The summed E-state index contributed by atoms with van der Waals surface area (Å²) >= 11 is 0. The summed E-state index contributed by atoms with van der Waals surface area (Å²) in [5.74, 6) is -0.685. The van der Waals surface area contributed by atoms with Gasteiger partial charge in [-0.3, -0.25) is 14.4 Å². The van der Waals surface area contributed by atoms with Gasteiger partial charge in [0.2, 0.25) is 11.8 Å². The van der Waals surface area contributed by atoms with Crippen molar-refractivity contribution in [2.75, 3.05) is 18.4 Å². The first-order chi connectivity index (χ1) is 14.1.